The van der Waals surface area contributed by atoms with E-state index < -0.39 is 17.7 Å². The SMILES string of the molecule is O=C(c1ccc(F)cc1)N(C1CCNCC1)C(c1ccc2n[nH]nc2c1)c1ccccc1F. The van der Waals surface area contributed by atoms with Crippen LogP contribution in [0.3, 0.4) is 0 Å². The van der Waals surface area contributed by atoms with E-state index in [1.807, 2.05) is 18.2 Å². The zero-order valence-electron chi connectivity index (χ0n) is 17.8. The minimum Gasteiger partial charge on any atom is -0.324 e. The van der Waals surface area contributed by atoms with Gasteiger partial charge in [0.25, 0.3) is 5.91 Å². The summed E-state index contributed by atoms with van der Waals surface area (Å²) in [5.74, 6) is -1.08. The number of nitrogens with zero attached hydrogens (tertiary/aromatic N) is 3. The number of aromatic nitrogens is 3. The van der Waals surface area contributed by atoms with Crippen LogP contribution in [0.1, 0.15) is 40.4 Å². The molecule has 1 amide bonds. The molecule has 1 aliphatic rings. The van der Waals surface area contributed by atoms with E-state index in [4.69, 9.17) is 0 Å². The smallest absolute Gasteiger partial charge is 0.254 e. The number of carbonyl (C=O) groups is 1. The maximum Gasteiger partial charge on any atom is 0.254 e. The van der Waals surface area contributed by atoms with Gasteiger partial charge in [-0.2, -0.15) is 15.4 Å². The van der Waals surface area contributed by atoms with E-state index in [1.54, 1.807) is 23.1 Å². The normalized spacial score (nSPS) is 15.5. The number of hydrogen-bond acceptors (Lipinski definition) is 4. The summed E-state index contributed by atoms with van der Waals surface area (Å²) in [6.45, 7) is 1.51. The molecule has 2 heterocycles. The molecule has 3 aromatic carbocycles. The molecule has 1 saturated heterocycles. The highest BCUT2D eigenvalue weighted by Gasteiger charge is 2.35. The second-order valence-corrected chi connectivity index (χ2v) is 8.20. The molecule has 33 heavy (non-hydrogen) atoms. The van der Waals surface area contributed by atoms with Crippen LogP contribution in [-0.2, 0) is 0 Å². The summed E-state index contributed by atoms with van der Waals surface area (Å²) in [6.07, 6.45) is 1.45. The monoisotopic (exact) mass is 447 g/mol. The van der Waals surface area contributed by atoms with E-state index in [1.165, 1.54) is 30.3 Å². The fourth-order valence-electron chi connectivity index (χ4n) is 4.53. The molecule has 1 fully saturated rings. The van der Waals surface area contributed by atoms with Crippen molar-refractivity contribution >= 4 is 16.9 Å². The van der Waals surface area contributed by atoms with E-state index in [-0.39, 0.29) is 11.9 Å². The van der Waals surface area contributed by atoms with Crippen molar-refractivity contribution in [3.63, 3.8) is 0 Å². The summed E-state index contributed by atoms with van der Waals surface area (Å²) in [6, 6.07) is 16.7. The Morgan fingerprint density at radius 1 is 0.939 bits per heavy atom. The Hall–Kier alpha value is -3.65. The average molecular weight is 447 g/mol. The van der Waals surface area contributed by atoms with Gasteiger partial charge in [-0.15, -0.1) is 0 Å². The van der Waals surface area contributed by atoms with Crippen molar-refractivity contribution in [1.29, 1.82) is 0 Å². The first-order valence-corrected chi connectivity index (χ1v) is 11.0. The molecule has 0 aliphatic carbocycles. The molecule has 5 rings (SSSR count). The Morgan fingerprint density at radius 2 is 1.67 bits per heavy atom. The molecule has 8 heteroatoms. The van der Waals surface area contributed by atoms with E-state index in [9.17, 15) is 9.18 Å². The average Bonchev–Trinajstić information content (AvgIpc) is 3.32. The molecule has 0 spiro atoms. The first-order valence-electron chi connectivity index (χ1n) is 11.0. The van der Waals surface area contributed by atoms with E-state index >= 15 is 4.39 Å². The third-order valence-corrected chi connectivity index (χ3v) is 6.16. The maximum atomic E-state index is 15.2. The molecule has 1 aliphatic heterocycles. The predicted molar refractivity (Wildman–Crippen MR) is 121 cm³/mol. The van der Waals surface area contributed by atoms with Gasteiger partial charge in [0.2, 0.25) is 0 Å². The van der Waals surface area contributed by atoms with E-state index in [0.717, 1.165) is 31.5 Å². The number of H-pyrrole nitrogens is 1. The number of aromatic amines is 1. The van der Waals surface area contributed by atoms with Crippen molar-refractivity contribution in [1.82, 2.24) is 25.6 Å². The lowest BCUT2D eigenvalue weighted by Crippen LogP contribution is -2.48. The molecule has 2 N–H and O–H groups in total. The Kier molecular flexibility index (Phi) is 5.83. The molecule has 0 bridgehead atoms. The fraction of sp³-hybridized carbons (Fsp3) is 0.240. The molecule has 1 atom stereocenters. The molecule has 0 saturated carbocycles. The second kappa shape index (κ2) is 9.07. The van der Waals surface area contributed by atoms with Gasteiger partial charge in [0, 0.05) is 17.2 Å². The van der Waals surface area contributed by atoms with Crippen LogP contribution in [0, 0.1) is 11.6 Å². The van der Waals surface area contributed by atoms with Crippen LogP contribution in [0.25, 0.3) is 11.0 Å². The summed E-state index contributed by atoms with van der Waals surface area (Å²) in [7, 11) is 0. The Morgan fingerprint density at radius 3 is 2.42 bits per heavy atom. The quantitative estimate of drug-likeness (QED) is 0.481. The van der Waals surface area contributed by atoms with E-state index in [0.29, 0.717) is 22.2 Å². The van der Waals surface area contributed by atoms with Crippen LogP contribution >= 0.6 is 0 Å². The highest BCUT2D eigenvalue weighted by molar-refractivity contribution is 5.95. The van der Waals surface area contributed by atoms with Gasteiger partial charge in [-0.05, 0) is 74.0 Å². The lowest BCUT2D eigenvalue weighted by atomic mass is 9.91. The second-order valence-electron chi connectivity index (χ2n) is 8.20. The Bertz CT molecular complexity index is 1270. The standard InChI is InChI=1S/C25H23F2N5O/c26-18-8-5-16(6-9-18)25(33)32(19-11-13-28-14-12-19)24(20-3-1-2-4-21(20)27)17-7-10-22-23(15-17)30-31-29-22/h1-10,15,19,24,28H,11-14H2,(H,29,30,31). The first kappa shape index (κ1) is 21.2. The summed E-state index contributed by atoms with van der Waals surface area (Å²) < 4.78 is 28.8. The van der Waals surface area contributed by atoms with Gasteiger partial charge in [0.15, 0.2) is 0 Å². The van der Waals surface area contributed by atoms with Gasteiger partial charge in [0.05, 0.1) is 6.04 Å². The van der Waals surface area contributed by atoms with Crippen molar-refractivity contribution in [2.45, 2.75) is 24.9 Å². The number of hydrogen-bond donors (Lipinski definition) is 2. The van der Waals surface area contributed by atoms with Crippen LogP contribution in [0.5, 0.6) is 0 Å². The summed E-state index contributed by atoms with van der Waals surface area (Å²) in [5.41, 5.74) is 2.81. The first-order chi connectivity index (χ1) is 16.1. The number of carbonyl (C=O) groups excluding carboxylic acids is 1. The molecule has 4 aromatic rings. The number of fused-ring (bicyclic) bond motifs is 1. The number of halogens is 2. The topological polar surface area (TPSA) is 73.9 Å². The van der Waals surface area contributed by atoms with Gasteiger partial charge >= 0.3 is 0 Å². The number of rotatable bonds is 5. The molecule has 1 aromatic heterocycles. The van der Waals surface area contributed by atoms with Crippen molar-refractivity contribution in [2.75, 3.05) is 13.1 Å². The minimum absolute atomic E-state index is 0.124. The van der Waals surface area contributed by atoms with Crippen LogP contribution < -0.4 is 5.32 Å². The van der Waals surface area contributed by atoms with E-state index in [2.05, 4.69) is 20.7 Å². The third kappa shape index (κ3) is 4.21. The van der Waals surface area contributed by atoms with Gasteiger partial charge < -0.3 is 10.2 Å². The highest BCUT2D eigenvalue weighted by atomic mass is 19.1. The predicted octanol–water partition coefficient (Wildman–Crippen LogP) is 4.22. The van der Waals surface area contributed by atoms with Crippen molar-refractivity contribution in [3.8, 4) is 0 Å². The third-order valence-electron chi connectivity index (χ3n) is 6.16. The molecule has 6 nitrogen and oxygen atoms in total. The molecular formula is C25H23F2N5O. The van der Waals surface area contributed by atoms with Crippen molar-refractivity contribution in [2.24, 2.45) is 0 Å². The lowest BCUT2D eigenvalue weighted by molar-refractivity contribution is 0.0562. The van der Waals surface area contributed by atoms with Crippen LogP contribution in [0.4, 0.5) is 8.78 Å². The molecule has 168 valence electrons. The molecule has 0 radical (unpaired) electrons. The number of nitrogens with one attached hydrogen (secondary N) is 2. The van der Waals surface area contributed by atoms with Crippen LogP contribution in [0.2, 0.25) is 0 Å². The zero-order valence-corrected chi connectivity index (χ0v) is 17.8. The zero-order chi connectivity index (χ0) is 22.8. The lowest BCUT2D eigenvalue weighted by Gasteiger charge is -2.41. The number of amides is 1. The maximum absolute atomic E-state index is 15.2. The van der Waals surface area contributed by atoms with Crippen molar-refractivity contribution < 1.29 is 13.6 Å². The number of benzene rings is 3. The summed E-state index contributed by atoms with van der Waals surface area (Å²) in [5, 5.41) is 14.2. The number of piperidine rings is 1. The van der Waals surface area contributed by atoms with Gasteiger partial charge in [-0.3, -0.25) is 4.79 Å². The van der Waals surface area contributed by atoms with Crippen LogP contribution in [-0.4, -0.2) is 45.3 Å². The largest absolute Gasteiger partial charge is 0.324 e. The summed E-state index contributed by atoms with van der Waals surface area (Å²) >= 11 is 0. The van der Waals surface area contributed by atoms with Gasteiger partial charge in [0.1, 0.15) is 22.7 Å². The van der Waals surface area contributed by atoms with Gasteiger partial charge in [-0.25, -0.2) is 8.78 Å². The molecular weight excluding hydrogens is 424 g/mol. The Balaban J connectivity index is 1.68. The minimum atomic E-state index is -0.687. The summed E-state index contributed by atoms with van der Waals surface area (Å²) in [4.78, 5) is 15.7. The highest BCUT2D eigenvalue weighted by Crippen LogP contribution is 2.36. The fourth-order valence-corrected chi connectivity index (χ4v) is 4.53. The van der Waals surface area contributed by atoms with Gasteiger partial charge in [-0.1, -0.05) is 24.3 Å². The van der Waals surface area contributed by atoms with Crippen molar-refractivity contribution in [3.05, 3.63) is 95.1 Å². The van der Waals surface area contributed by atoms with Crippen LogP contribution in [0.15, 0.2) is 66.7 Å². The molecule has 1 unspecified atom stereocenters. The Labute approximate surface area is 189 Å².